The molecule has 0 aliphatic heterocycles. The van der Waals surface area contributed by atoms with Gasteiger partial charge in [0.05, 0.1) is 18.7 Å². The van der Waals surface area contributed by atoms with E-state index in [1.807, 2.05) is 0 Å². The number of nitrogens with zero attached hydrogens (tertiary/aromatic N) is 1. The quantitative estimate of drug-likeness (QED) is 0.731. The Labute approximate surface area is 118 Å². The lowest BCUT2D eigenvalue weighted by Gasteiger charge is -2.18. The number of hydrogen-bond acceptors (Lipinski definition) is 4. The highest BCUT2D eigenvalue weighted by molar-refractivity contribution is 7.90. The van der Waals surface area contributed by atoms with Crippen LogP contribution in [0.5, 0.6) is 0 Å². The zero-order chi connectivity index (χ0) is 15.2. The molecule has 0 spiro atoms. The maximum atomic E-state index is 12.0. The van der Waals surface area contributed by atoms with Crippen molar-refractivity contribution < 1.29 is 23.1 Å². The van der Waals surface area contributed by atoms with E-state index in [1.54, 1.807) is 18.2 Å². The Morgan fingerprint density at radius 2 is 2.15 bits per heavy atom. The van der Waals surface area contributed by atoms with Gasteiger partial charge in [0.15, 0.2) is 0 Å². The molecule has 1 rings (SSSR count). The van der Waals surface area contributed by atoms with Crippen molar-refractivity contribution >= 4 is 21.9 Å². The van der Waals surface area contributed by atoms with Crippen LogP contribution in [0.4, 0.5) is 5.69 Å². The second-order valence-electron chi connectivity index (χ2n) is 4.19. The third-order valence-corrected chi connectivity index (χ3v) is 4.05. The van der Waals surface area contributed by atoms with Crippen LogP contribution in [0.1, 0.15) is 5.56 Å². The van der Waals surface area contributed by atoms with Crippen molar-refractivity contribution in [1.29, 1.82) is 0 Å². The van der Waals surface area contributed by atoms with Gasteiger partial charge in [-0.2, -0.15) is 12.7 Å². The van der Waals surface area contributed by atoms with Crippen LogP contribution in [0.25, 0.3) is 0 Å². The first-order valence-electron chi connectivity index (χ1n) is 5.89. The Kier molecular flexibility index (Phi) is 5.93. The van der Waals surface area contributed by atoms with Crippen LogP contribution in [-0.4, -0.2) is 51.1 Å². The van der Waals surface area contributed by atoms with Gasteiger partial charge in [0.1, 0.15) is 0 Å². The molecule has 0 radical (unpaired) electrons. The van der Waals surface area contributed by atoms with E-state index in [0.29, 0.717) is 11.3 Å². The van der Waals surface area contributed by atoms with Gasteiger partial charge in [0.2, 0.25) is 0 Å². The number of anilines is 1. The summed E-state index contributed by atoms with van der Waals surface area (Å²) in [4.78, 5) is 10.6. The number of ether oxygens (including phenoxy) is 1. The Balaban J connectivity index is 2.79. The minimum absolute atomic E-state index is 0.158. The van der Waals surface area contributed by atoms with Gasteiger partial charge in [0.25, 0.3) is 0 Å². The van der Waals surface area contributed by atoms with E-state index >= 15 is 0 Å². The van der Waals surface area contributed by atoms with Crippen molar-refractivity contribution in [1.82, 2.24) is 4.31 Å². The molecule has 1 aromatic carbocycles. The Morgan fingerprint density at radius 1 is 1.45 bits per heavy atom. The molecule has 0 atom stereocenters. The van der Waals surface area contributed by atoms with Crippen molar-refractivity contribution in [2.45, 2.75) is 6.42 Å². The fourth-order valence-electron chi connectivity index (χ4n) is 1.49. The molecule has 0 aliphatic rings. The number of nitrogens with one attached hydrogen (secondary N) is 1. The molecule has 7 nitrogen and oxygen atoms in total. The first kappa shape index (κ1) is 16.4. The monoisotopic (exact) mass is 302 g/mol. The van der Waals surface area contributed by atoms with Gasteiger partial charge in [-0.25, -0.2) is 0 Å². The molecular formula is C12H18N2O5S. The maximum Gasteiger partial charge on any atom is 0.307 e. The standard InChI is InChI=1S/C12H18N2O5S/c1-14(6-7-19-2)20(17,18)13-11-5-3-4-10(8-11)9-12(15)16/h3-5,8,13H,6-7,9H2,1-2H3,(H,15,16). The summed E-state index contributed by atoms with van der Waals surface area (Å²) >= 11 is 0. The van der Waals surface area contributed by atoms with Crippen LogP contribution in [0.2, 0.25) is 0 Å². The lowest BCUT2D eigenvalue weighted by Crippen LogP contribution is -2.34. The summed E-state index contributed by atoms with van der Waals surface area (Å²) in [7, 11) is -0.753. The molecule has 0 bridgehead atoms. The number of aliphatic carboxylic acids is 1. The SMILES string of the molecule is COCCN(C)S(=O)(=O)Nc1cccc(CC(=O)O)c1. The number of methoxy groups -OCH3 is 1. The topological polar surface area (TPSA) is 95.9 Å². The maximum absolute atomic E-state index is 12.0. The van der Waals surface area contributed by atoms with Crippen LogP contribution in [-0.2, 0) is 26.2 Å². The Morgan fingerprint density at radius 3 is 2.75 bits per heavy atom. The third kappa shape index (κ3) is 5.16. The summed E-state index contributed by atoms with van der Waals surface area (Å²) in [6.45, 7) is 0.511. The van der Waals surface area contributed by atoms with Crippen LogP contribution < -0.4 is 4.72 Å². The molecule has 2 N–H and O–H groups in total. The summed E-state index contributed by atoms with van der Waals surface area (Å²) in [6.07, 6.45) is -0.158. The van der Waals surface area contributed by atoms with E-state index in [9.17, 15) is 13.2 Å². The van der Waals surface area contributed by atoms with Crippen LogP contribution in [0.3, 0.4) is 0 Å². The van der Waals surface area contributed by atoms with Crippen LogP contribution >= 0.6 is 0 Å². The molecule has 0 saturated heterocycles. The molecule has 0 aliphatic carbocycles. The summed E-state index contributed by atoms with van der Waals surface area (Å²) < 4.78 is 32.3. The van der Waals surface area contributed by atoms with E-state index < -0.39 is 16.2 Å². The Bertz CT molecular complexity index is 559. The van der Waals surface area contributed by atoms with Crippen LogP contribution in [0.15, 0.2) is 24.3 Å². The largest absolute Gasteiger partial charge is 0.481 e. The predicted octanol–water partition coefficient (Wildman–Crippen LogP) is 0.549. The lowest BCUT2D eigenvalue weighted by atomic mass is 10.1. The molecule has 0 aromatic heterocycles. The van der Waals surface area contributed by atoms with E-state index in [2.05, 4.69) is 4.72 Å². The highest BCUT2D eigenvalue weighted by Crippen LogP contribution is 2.14. The van der Waals surface area contributed by atoms with Crippen molar-refractivity contribution in [2.24, 2.45) is 0 Å². The normalized spacial score (nSPS) is 11.6. The van der Waals surface area contributed by atoms with Crippen molar-refractivity contribution in [3.05, 3.63) is 29.8 Å². The number of carboxylic acids is 1. The summed E-state index contributed by atoms with van der Waals surface area (Å²) in [5, 5.41) is 8.71. The van der Waals surface area contributed by atoms with E-state index in [0.717, 1.165) is 4.31 Å². The van der Waals surface area contributed by atoms with Gasteiger partial charge in [-0.3, -0.25) is 9.52 Å². The molecule has 0 heterocycles. The molecule has 0 saturated carbocycles. The Hall–Kier alpha value is -1.64. The van der Waals surface area contributed by atoms with Crippen molar-refractivity contribution in [3.63, 3.8) is 0 Å². The number of hydrogen-bond donors (Lipinski definition) is 2. The van der Waals surface area contributed by atoms with E-state index in [1.165, 1.54) is 20.2 Å². The fourth-order valence-corrected chi connectivity index (χ4v) is 2.38. The zero-order valence-electron chi connectivity index (χ0n) is 11.4. The molecule has 20 heavy (non-hydrogen) atoms. The van der Waals surface area contributed by atoms with Gasteiger partial charge < -0.3 is 9.84 Å². The molecule has 112 valence electrons. The molecule has 0 amide bonds. The molecule has 1 aromatic rings. The molecule has 0 unspecified atom stereocenters. The van der Waals surface area contributed by atoms with Gasteiger partial charge in [-0.1, -0.05) is 12.1 Å². The molecular weight excluding hydrogens is 284 g/mol. The average Bonchev–Trinajstić information content (AvgIpc) is 2.34. The smallest absolute Gasteiger partial charge is 0.307 e. The van der Waals surface area contributed by atoms with Gasteiger partial charge in [-0.15, -0.1) is 0 Å². The second-order valence-corrected chi connectivity index (χ2v) is 5.97. The van der Waals surface area contributed by atoms with E-state index in [4.69, 9.17) is 9.84 Å². The van der Waals surface area contributed by atoms with Crippen LogP contribution in [0, 0.1) is 0 Å². The minimum atomic E-state index is -3.67. The number of carbonyl (C=O) groups is 1. The number of rotatable bonds is 8. The fraction of sp³-hybridized carbons (Fsp3) is 0.417. The summed E-state index contributed by atoms with van der Waals surface area (Å²) in [6, 6.07) is 6.29. The predicted molar refractivity (Wildman–Crippen MR) is 74.8 cm³/mol. The average molecular weight is 302 g/mol. The summed E-state index contributed by atoms with van der Waals surface area (Å²) in [5.41, 5.74) is 0.852. The first-order valence-corrected chi connectivity index (χ1v) is 7.33. The van der Waals surface area contributed by atoms with Crippen molar-refractivity contribution in [3.8, 4) is 0 Å². The highest BCUT2D eigenvalue weighted by Gasteiger charge is 2.17. The zero-order valence-corrected chi connectivity index (χ0v) is 12.2. The molecule has 0 fully saturated rings. The van der Waals surface area contributed by atoms with Crippen molar-refractivity contribution in [2.75, 3.05) is 32.0 Å². The van der Waals surface area contributed by atoms with Gasteiger partial charge >= 0.3 is 16.2 Å². The first-order chi connectivity index (χ1) is 9.35. The minimum Gasteiger partial charge on any atom is -0.481 e. The number of likely N-dealkylation sites (N-methyl/N-ethyl adjacent to an activating group) is 1. The highest BCUT2D eigenvalue weighted by atomic mass is 32.2. The third-order valence-electron chi connectivity index (χ3n) is 2.55. The van der Waals surface area contributed by atoms with Gasteiger partial charge in [0, 0.05) is 20.7 Å². The second kappa shape index (κ2) is 7.22. The van der Waals surface area contributed by atoms with Gasteiger partial charge in [-0.05, 0) is 17.7 Å². The molecule has 8 heteroatoms. The number of benzene rings is 1. The van der Waals surface area contributed by atoms with E-state index in [-0.39, 0.29) is 19.6 Å². The lowest BCUT2D eigenvalue weighted by molar-refractivity contribution is -0.136. The number of carboxylic acid groups (broad SMARTS) is 1. The summed E-state index contributed by atoms with van der Waals surface area (Å²) in [5.74, 6) is -0.970.